The summed E-state index contributed by atoms with van der Waals surface area (Å²) in [4.78, 5) is 3.94. The van der Waals surface area contributed by atoms with Crippen LogP contribution in [0.1, 0.15) is 5.82 Å². The summed E-state index contributed by atoms with van der Waals surface area (Å²) >= 11 is 0. The maximum absolute atomic E-state index is 5.52. The van der Waals surface area contributed by atoms with Gasteiger partial charge < -0.3 is 10.5 Å². The summed E-state index contributed by atoms with van der Waals surface area (Å²) in [7, 11) is 1.64. The van der Waals surface area contributed by atoms with Crippen LogP contribution in [-0.2, 0) is 11.3 Å². The number of anilines is 1. The van der Waals surface area contributed by atoms with Crippen LogP contribution in [0.5, 0.6) is 0 Å². The van der Waals surface area contributed by atoms with Crippen LogP contribution in [0.2, 0.25) is 0 Å². The van der Waals surface area contributed by atoms with E-state index in [1.807, 2.05) is 0 Å². The zero-order valence-corrected chi connectivity index (χ0v) is 6.74. The minimum Gasteiger partial charge on any atom is -0.383 e. The molecule has 1 aromatic heterocycles. The fourth-order valence-electron chi connectivity index (χ4n) is 0.814. The summed E-state index contributed by atoms with van der Waals surface area (Å²) in [6.45, 7) is 3.07. The van der Waals surface area contributed by atoms with Gasteiger partial charge in [0.05, 0.1) is 13.2 Å². The average molecular weight is 156 g/mol. The quantitative estimate of drug-likeness (QED) is 0.659. The normalized spacial score (nSPS) is 10.4. The molecule has 0 aromatic carbocycles. The number of rotatable bonds is 3. The second-order valence-electron chi connectivity index (χ2n) is 2.23. The lowest BCUT2D eigenvalue weighted by Gasteiger charge is -1.99. The number of nitrogen functional groups attached to an aromatic ring is 1. The summed E-state index contributed by atoms with van der Waals surface area (Å²) in [5, 5.41) is 4.05. The Hall–Kier alpha value is -1.10. The highest BCUT2D eigenvalue weighted by atomic mass is 16.5. The number of nitrogens with zero attached hydrogens (tertiary/aromatic N) is 3. The molecule has 0 spiro atoms. The molecule has 11 heavy (non-hydrogen) atoms. The van der Waals surface area contributed by atoms with E-state index in [0.29, 0.717) is 24.9 Å². The van der Waals surface area contributed by atoms with Crippen LogP contribution in [0.3, 0.4) is 0 Å². The smallest absolute Gasteiger partial charge is 0.218 e. The van der Waals surface area contributed by atoms with Crippen LogP contribution < -0.4 is 5.73 Å². The largest absolute Gasteiger partial charge is 0.383 e. The number of ether oxygens (including phenoxy) is 1. The molecule has 5 nitrogen and oxygen atoms in total. The third-order valence-corrected chi connectivity index (χ3v) is 1.31. The van der Waals surface area contributed by atoms with Gasteiger partial charge in [0.25, 0.3) is 0 Å². The first kappa shape index (κ1) is 8.00. The second-order valence-corrected chi connectivity index (χ2v) is 2.23. The number of nitrogens with two attached hydrogens (primary N) is 1. The molecule has 0 atom stereocenters. The number of aromatic nitrogens is 3. The van der Waals surface area contributed by atoms with Crippen molar-refractivity contribution in [2.45, 2.75) is 13.5 Å². The number of hydrogen-bond acceptors (Lipinski definition) is 4. The Balaban J connectivity index is 2.62. The molecule has 0 fully saturated rings. The van der Waals surface area contributed by atoms with Gasteiger partial charge in [-0.15, -0.1) is 0 Å². The van der Waals surface area contributed by atoms with Crippen LogP contribution >= 0.6 is 0 Å². The third-order valence-electron chi connectivity index (χ3n) is 1.31. The van der Waals surface area contributed by atoms with Gasteiger partial charge in [0.15, 0.2) is 0 Å². The van der Waals surface area contributed by atoms with Crippen molar-refractivity contribution in [1.82, 2.24) is 14.8 Å². The van der Waals surface area contributed by atoms with Gasteiger partial charge >= 0.3 is 0 Å². The molecule has 1 heterocycles. The maximum Gasteiger partial charge on any atom is 0.218 e. The second kappa shape index (κ2) is 3.34. The summed E-state index contributed by atoms with van der Waals surface area (Å²) in [6.07, 6.45) is 0. The lowest BCUT2D eigenvalue weighted by molar-refractivity contribution is 0.184. The van der Waals surface area contributed by atoms with Gasteiger partial charge in [-0.25, -0.2) is 4.68 Å². The topological polar surface area (TPSA) is 66.0 Å². The van der Waals surface area contributed by atoms with Crippen molar-refractivity contribution in [1.29, 1.82) is 0 Å². The van der Waals surface area contributed by atoms with E-state index in [1.165, 1.54) is 0 Å². The molecule has 0 aliphatic rings. The van der Waals surface area contributed by atoms with Crippen molar-refractivity contribution < 1.29 is 4.74 Å². The Kier molecular flexibility index (Phi) is 2.43. The van der Waals surface area contributed by atoms with Gasteiger partial charge in [0.1, 0.15) is 5.82 Å². The Bertz CT molecular complexity index is 232. The lowest BCUT2D eigenvalue weighted by Crippen LogP contribution is -2.09. The number of hydrogen-bond donors (Lipinski definition) is 1. The predicted octanol–water partition coefficient (Wildman–Crippen LogP) is -0.185. The fourth-order valence-corrected chi connectivity index (χ4v) is 0.814. The molecule has 0 saturated carbocycles. The molecule has 0 aliphatic heterocycles. The van der Waals surface area contributed by atoms with Crippen LogP contribution in [0, 0.1) is 6.92 Å². The van der Waals surface area contributed by atoms with E-state index >= 15 is 0 Å². The van der Waals surface area contributed by atoms with Gasteiger partial charge in [-0.05, 0) is 6.92 Å². The molecular weight excluding hydrogens is 144 g/mol. The standard InChI is InChI=1S/C6H12N4O/c1-5-8-6(7)10(9-5)3-4-11-2/h3-4H2,1-2H3,(H2,7,8,9). The predicted molar refractivity (Wildman–Crippen MR) is 41.0 cm³/mol. The van der Waals surface area contributed by atoms with Gasteiger partial charge in [-0.1, -0.05) is 0 Å². The van der Waals surface area contributed by atoms with Crippen molar-refractivity contribution in [2.75, 3.05) is 19.5 Å². The zero-order chi connectivity index (χ0) is 8.27. The minimum atomic E-state index is 0.444. The Labute approximate surface area is 65.2 Å². The van der Waals surface area contributed by atoms with E-state index in [0.717, 1.165) is 0 Å². The number of methoxy groups -OCH3 is 1. The van der Waals surface area contributed by atoms with Crippen molar-refractivity contribution in [3.05, 3.63) is 5.82 Å². The molecule has 0 aliphatic carbocycles. The summed E-state index contributed by atoms with van der Waals surface area (Å²) in [5.41, 5.74) is 5.52. The van der Waals surface area contributed by atoms with Crippen molar-refractivity contribution >= 4 is 5.95 Å². The molecule has 0 radical (unpaired) electrons. The fraction of sp³-hybridized carbons (Fsp3) is 0.667. The monoisotopic (exact) mass is 156 g/mol. The van der Waals surface area contributed by atoms with Crippen molar-refractivity contribution in [3.8, 4) is 0 Å². The van der Waals surface area contributed by atoms with E-state index in [1.54, 1.807) is 18.7 Å². The number of aryl methyl sites for hydroxylation is 1. The van der Waals surface area contributed by atoms with Gasteiger partial charge in [0, 0.05) is 7.11 Å². The van der Waals surface area contributed by atoms with Crippen LogP contribution in [-0.4, -0.2) is 28.5 Å². The van der Waals surface area contributed by atoms with Crippen molar-refractivity contribution in [3.63, 3.8) is 0 Å². The SMILES string of the molecule is COCCn1nc(C)nc1N. The molecule has 1 rings (SSSR count). The zero-order valence-electron chi connectivity index (χ0n) is 6.74. The van der Waals surface area contributed by atoms with Crippen molar-refractivity contribution in [2.24, 2.45) is 0 Å². The Morgan fingerprint density at radius 2 is 2.36 bits per heavy atom. The molecule has 5 heteroatoms. The molecule has 62 valence electrons. The molecular formula is C6H12N4O. The minimum absolute atomic E-state index is 0.444. The average Bonchev–Trinajstić information content (AvgIpc) is 2.26. The molecule has 0 amide bonds. The first-order chi connectivity index (χ1) is 5.24. The Morgan fingerprint density at radius 1 is 1.64 bits per heavy atom. The molecule has 0 bridgehead atoms. The molecule has 0 unspecified atom stereocenters. The molecule has 1 aromatic rings. The summed E-state index contributed by atoms with van der Waals surface area (Å²) in [6, 6.07) is 0. The van der Waals surface area contributed by atoms with Crippen LogP contribution in [0.15, 0.2) is 0 Å². The van der Waals surface area contributed by atoms with Gasteiger partial charge in [-0.2, -0.15) is 10.1 Å². The van der Waals surface area contributed by atoms with E-state index < -0.39 is 0 Å². The van der Waals surface area contributed by atoms with Crippen LogP contribution in [0.25, 0.3) is 0 Å². The van der Waals surface area contributed by atoms with E-state index in [4.69, 9.17) is 10.5 Å². The molecule has 0 saturated heterocycles. The highest BCUT2D eigenvalue weighted by Gasteiger charge is 2.00. The van der Waals surface area contributed by atoms with E-state index in [2.05, 4.69) is 10.1 Å². The summed E-state index contributed by atoms with van der Waals surface area (Å²) in [5.74, 6) is 1.14. The van der Waals surface area contributed by atoms with E-state index in [-0.39, 0.29) is 0 Å². The third kappa shape index (κ3) is 1.91. The first-order valence-corrected chi connectivity index (χ1v) is 3.40. The van der Waals surface area contributed by atoms with Gasteiger partial charge in [0.2, 0.25) is 5.95 Å². The van der Waals surface area contributed by atoms with E-state index in [9.17, 15) is 0 Å². The highest BCUT2D eigenvalue weighted by Crippen LogP contribution is 1.97. The van der Waals surface area contributed by atoms with Gasteiger partial charge in [-0.3, -0.25) is 0 Å². The van der Waals surface area contributed by atoms with Crippen LogP contribution in [0.4, 0.5) is 5.95 Å². The Morgan fingerprint density at radius 3 is 2.82 bits per heavy atom. The lowest BCUT2D eigenvalue weighted by atomic mass is 10.7. The maximum atomic E-state index is 5.52. The first-order valence-electron chi connectivity index (χ1n) is 3.40. The summed E-state index contributed by atoms with van der Waals surface area (Å²) < 4.78 is 6.49. The highest BCUT2D eigenvalue weighted by molar-refractivity contribution is 5.15. The molecule has 2 N–H and O–H groups in total.